The second kappa shape index (κ2) is 6.88. The molecule has 1 unspecified atom stereocenters. The van der Waals surface area contributed by atoms with Crippen molar-refractivity contribution in [2.75, 3.05) is 6.54 Å². The molecular formula is C20H22BrNO. The van der Waals surface area contributed by atoms with Crippen molar-refractivity contribution >= 4 is 21.8 Å². The molecule has 0 spiro atoms. The molecule has 0 radical (unpaired) electrons. The first-order valence-electron chi connectivity index (χ1n) is 8.25. The van der Waals surface area contributed by atoms with Gasteiger partial charge in [-0.15, -0.1) is 0 Å². The number of hydrogen-bond donors (Lipinski definition) is 1. The van der Waals surface area contributed by atoms with Gasteiger partial charge in [0, 0.05) is 16.9 Å². The van der Waals surface area contributed by atoms with Crippen molar-refractivity contribution in [2.45, 2.75) is 37.5 Å². The lowest BCUT2D eigenvalue weighted by molar-refractivity contribution is -0.123. The molecule has 3 rings (SSSR count). The van der Waals surface area contributed by atoms with Gasteiger partial charge >= 0.3 is 0 Å². The van der Waals surface area contributed by atoms with Gasteiger partial charge in [-0.25, -0.2) is 0 Å². The maximum atomic E-state index is 12.8. The Morgan fingerprint density at radius 1 is 1.17 bits per heavy atom. The molecule has 0 aliphatic heterocycles. The molecule has 0 heterocycles. The second-order valence-corrected chi connectivity index (χ2v) is 7.23. The molecule has 2 aromatic rings. The number of halogens is 1. The Balaban J connectivity index is 1.67. The first-order valence-corrected chi connectivity index (χ1v) is 9.04. The predicted molar refractivity (Wildman–Crippen MR) is 97.5 cm³/mol. The fraction of sp³-hybridized carbons (Fsp3) is 0.350. The highest BCUT2D eigenvalue weighted by Gasteiger charge is 2.51. The van der Waals surface area contributed by atoms with Gasteiger partial charge in [0.25, 0.3) is 0 Å². The highest BCUT2D eigenvalue weighted by Crippen LogP contribution is 2.48. The standard InChI is InChI=1S/C20H22BrNO/c1-2-15(16-7-4-3-5-8-16)14-22-19(23)20(11-12-20)17-9-6-10-18(21)13-17/h3-10,13,15H,2,11-12,14H2,1H3,(H,22,23). The Morgan fingerprint density at radius 3 is 2.52 bits per heavy atom. The van der Waals surface area contributed by atoms with Gasteiger partial charge in [0.1, 0.15) is 0 Å². The Hall–Kier alpha value is -1.61. The average Bonchev–Trinajstić information content (AvgIpc) is 3.38. The summed E-state index contributed by atoms with van der Waals surface area (Å²) >= 11 is 3.50. The quantitative estimate of drug-likeness (QED) is 0.776. The third-order valence-electron chi connectivity index (χ3n) is 4.83. The summed E-state index contributed by atoms with van der Waals surface area (Å²) in [6.07, 6.45) is 2.91. The van der Waals surface area contributed by atoms with Gasteiger partial charge in [-0.2, -0.15) is 0 Å². The largest absolute Gasteiger partial charge is 0.355 e. The van der Waals surface area contributed by atoms with E-state index in [-0.39, 0.29) is 11.3 Å². The minimum Gasteiger partial charge on any atom is -0.355 e. The van der Waals surface area contributed by atoms with Crippen LogP contribution in [0.5, 0.6) is 0 Å². The molecule has 0 aromatic heterocycles. The van der Waals surface area contributed by atoms with Crippen LogP contribution in [0.15, 0.2) is 59.1 Å². The van der Waals surface area contributed by atoms with E-state index in [2.05, 4.69) is 64.6 Å². The summed E-state index contributed by atoms with van der Waals surface area (Å²) in [5.74, 6) is 0.545. The molecule has 120 valence electrons. The summed E-state index contributed by atoms with van der Waals surface area (Å²) in [5, 5.41) is 3.20. The van der Waals surface area contributed by atoms with Gasteiger partial charge in [0.15, 0.2) is 0 Å². The monoisotopic (exact) mass is 371 g/mol. The van der Waals surface area contributed by atoms with Crippen LogP contribution in [0, 0.1) is 0 Å². The van der Waals surface area contributed by atoms with Crippen LogP contribution >= 0.6 is 15.9 Å². The molecule has 1 atom stereocenters. The lowest BCUT2D eigenvalue weighted by atomic mass is 9.93. The second-order valence-electron chi connectivity index (χ2n) is 6.32. The third-order valence-corrected chi connectivity index (χ3v) is 5.33. The Bertz CT molecular complexity index is 679. The Labute approximate surface area is 146 Å². The highest BCUT2D eigenvalue weighted by molar-refractivity contribution is 9.10. The summed E-state index contributed by atoms with van der Waals surface area (Å²) in [4.78, 5) is 12.8. The summed E-state index contributed by atoms with van der Waals surface area (Å²) in [5.41, 5.74) is 2.11. The van der Waals surface area contributed by atoms with E-state index < -0.39 is 0 Å². The molecule has 0 saturated heterocycles. The normalized spacial score (nSPS) is 16.6. The van der Waals surface area contributed by atoms with Crippen molar-refractivity contribution in [1.29, 1.82) is 0 Å². The molecule has 3 heteroatoms. The smallest absolute Gasteiger partial charge is 0.230 e. The first kappa shape index (κ1) is 16.3. The molecule has 1 saturated carbocycles. The third kappa shape index (κ3) is 3.50. The van der Waals surface area contributed by atoms with Crippen molar-refractivity contribution < 1.29 is 4.79 Å². The van der Waals surface area contributed by atoms with Gasteiger partial charge in [0.2, 0.25) is 5.91 Å². The number of amides is 1. The molecule has 23 heavy (non-hydrogen) atoms. The van der Waals surface area contributed by atoms with E-state index in [1.165, 1.54) is 5.56 Å². The molecule has 1 aliphatic carbocycles. The number of carbonyl (C=O) groups is 1. The number of carbonyl (C=O) groups excluding carboxylic acids is 1. The van der Waals surface area contributed by atoms with Gasteiger partial charge in [-0.05, 0) is 42.5 Å². The number of nitrogens with one attached hydrogen (secondary N) is 1. The van der Waals surface area contributed by atoms with E-state index in [9.17, 15) is 4.79 Å². The summed E-state index contributed by atoms with van der Waals surface area (Å²) in [6, 6.07) is 18.6. The highest BCUT2D eigenvalue weighted by atomic mass is 79.9. The zero-order valence-corrected chi connectivity index (χ0v) is 15.0. The van der Waals surface area contributed by atoms with Crippen molar-refractivity contribution in [3.05, 3.63) is 70.2 Å². The fourth-order valence-corrected chi connectivity index (χ4v) is 3.57. The van der Waals surface area contributed by atoms with Crippen LogP contribution in [0.1, 0.15) is 43.2 Å². The van der Waals surface area contributed by atoms with E-state index in [1.807, 2.05) is 18.2 Å². The van der Waals surface area contributed by atoms with E-state index >= 15 is 0 Å². The van der Waals surface area contributed by atoms with Crippen LogP contribution in [0.4, 0.5) is 0 Å². The minimum atomic E-state index is -0.307. The molecule has 2 aromatic carbocycles. The van der Waals surface area contributed by atoms with Crippen molar-refractivity contribution in [1.82, 2.24) is 5.32 Å². The van der Waals surface area contributed by atoms with Gasteiger partial charge in [-0.1, -0.05) is 65.3 Å². The molecule has 0 bridgehead atoms. The first-order chi connectivity index (χ1) is 11.2. The van der Waals surface area contributed by atoms with Crippen LogP contribution < -0.4 is 5.32 Å². The van der Waals surface area contributed by atoms with Gasteiger partial charge in [0.05, 0.1) is 5.41 Å². The van der Waals surface area contributed by atoms with Crippen molar-refractivity contribution in [2.24, 2.45) is 0 Å². The fourth-order valence-electron chi connectivity index (χ4n) is 3.17. The maximum absolute atomic E-state index is 12.8. The predicted octanol–water partition coefficient (Wildman–Crippen LogP) is 4.79. The van der Waals surface area contributed by atoms with E-state index in [0.717, 1.165) is 29.3 Å². The van der Waals surface area contributed by atoms with Gasteiger partial charge in [-0.3, -0.25) is 4.79 Å². The molecule has 1 aliphatic rings. The summed E-state index contributed by atoms with van der Waals surface area (Å²) in [7, 11) is 0. The van der Waals surface area contributed by atoms with E-state index in [0.29, 0.717) is 12.5 Å². The zero-order chi connectivity index (χ0) is 16.3. The lowest BCUT2D eigenvalue weighted by Crippen LogP contribution is -2.37. The van der Waals surface area contributed by atoms with Crippen LogP contribution in [0.25, 0.3) is 0 Å². The van der Waals surface area contributed by atoms with E-state index in [4.69, 9.17) is 0 Å². The lowest BCUT2D eigenvalue weighted by Gasteiger charge is -2.20. The SMILES string of the molecule is CCC(CNC(=O)C1(c2cccc(Br)c2)CC1)c1ccccc1. The van der Waals surface area contributed by atoms with Crippen LogP contribution in [0.2, 0.25) is 0 Å². The maximum Gasteiger partial charge on any atom is 0.230 e. The number of hydrogen-bond acceptors (Lipinski definition) is 1. The summed E-state index contributed by atoms with van der Waals surface area (Å²) < 4.78 is 1.03. The Morgan fingerprint density at radius 2 is 1.91 bits per heavy atom. The molecule has 1 N–H and O–H groups in total. The molecule has 1 fully saturated rings. The van der Waals surface area contributed by atoms with Crippen LogP contribution in [0.3, 0.4) is 0 Å². The van der Waals surface area contributed by atoms with Crippen LogP contribution in [-0.2, 0) is 10.2 Å². The van der Waals surface area contributed by atoms with Crippen molar-refractivity contribution in [3.63, 3.8) is 0 Å². The van der Waals surface area contributed by atoms with E-state index in [1.54, 1.807) is 0 Å². The van der Waals surface area contributed by atoms with Gasteiger partial charge < -0.3 is 5.32 Å². The van der Waals surface area contributed by atoms with Crippen LogP contribution in [-0.4, -0.2) is 12.5 Å². The molecule has 2 nitrogen and oxygen atoms in total. The Kier molecular flexibility index (Phi) is 4.86. The number of benzene rings is 2. The zero-order valence-electron chi connectivity index (χ0n) is 13.4. The average molecular weight is 372 g/mol. The molecular weight excluding hydrogens is 350 g/mol. The minimum absolute atomic E-state index is 0.171. The van der Waals surface area contributed by atoms with Crippen molar-refractivity contribution in [3.8, 4) is 0 Å². The summed E-state index contributed by atoms with van der Waals surface area (Å²) in [6.45, 7) is 2.88. The molecule has 1 amide bonds. The topological polar surface area (TPSA) is 29.1 Å². The number of rotatable bonds is 6.